The van der Waals surface area contributed by atoms with Crippen LogP contribution in [0, 0.1) is 0 Å². The fraction of sp³-hybridized carbons (Fsp3) is 0.417. The van der Waals surface area contributed by atoms with E-state index in [0.29, 0.717) is 17.6 Å². The Morgan fingerprint density at radius 1 is 1.33 bits per heavy atom. The quantitative estimate of drug-likeness (QED) is 0.730. The smallest absolute Gasteiger partial charge is 0.314 e. The van der Waals surface area contributed by atoms with Crippen LogP contribution in [0.15, 0.2) is 27.6 Å². The molecule has 0 spiro atoms. The molecule has 1 heterocycles. The van der Waals surface area contributed by atoms with Crippen LogP contribution in [0.25, 0.3) is 0 Å². The number of likely N-dealkylation sites (tertiary alicyclic amines) is 1. The third-order valence-electron chi connectivity index (χ3n) is 3.44. The zero-order chi connectivity index (χ0) is 15.6. The molecule has 2 rings (SSSR count). The van der Waals surface area contributed by atoms with Crippen molar-refractivity contribution >= 4 is 37.7 Å². The zero-order valence-corrected chi connectivity index (χ0v) is 13.7. The van der Waals surface area contributed by atoms with E-state index in [9.17, 15) is 13.2 Å². The standard InChI is InChI=1S/C12H17BrN4O3S/c13-10-7-9(21(15,19)20)1-2-11(10)16-8-3-5-17(6-4-8)12(14)18/h1-2,7-8,16H,3-6H2,(H2,14,18)(H2,15,19,20). The summed E-state index contributed by atoms with van der Waals surface area (Å²) >= 11 is 3.33. The first-order chi connectivity index (χ1) is 9.77. The van der Waals surface area contributed by atoms with E-state index in [-0.39, 0.29) is 10.9 Å². The third-order valence-corrected chi connectivity index (χ3v) is 5.00. The van der Waals surface area contributed by atoms with E-state index in [0.717, 1.165) is 18.5 Å². The molecule has 9 heteroatoms. The summed E-state index contributed by atoms with van der Waals surface area (Å²) in [4.78, 5) is 12.7. The SMILES string of the molecule is NC(=O)N1CCC(Nc2ccc(S(N)(=O)=O)cc2Br)CC1. The third kappa shape index (κ3) is 4.08. The maximum atomic E-state index is 11.3. The predicted octanol–water partition coefficient (Wildman–Crippen LogP) is 1.05. The minimum Gasteiger partial charge on any atom is -0.381 e. The minimum absolute atomic E-state index is 0.0588. The Labute approximate surface area is 131 Å². The lowest BCUT2D eigenvalue weighted by Gasteiger charge is -2.32. The van der Waals surface area contributed by atoms with Crippen molar-refractivity contribution < 1.29 is 13.2 Å². The minimum atomic E-state index is -3.71. The first-order valence-electron chi connectivity index (χ1n) is 6.40. The summed E-state index contributed by atoms with van der Waals surface area (Å²) in [5, 5.41) is 8.41. The van der Waals surface area contributed by atoms with Crippen LogP contribution in [-0.4, -0.2) is 38.5 Å². The van der Waals surface area contributed by atoms with Gasteiger partial charge in [-0.3, -0.25) is 0 Å². The molecule has 1 aliphatic rings. The van der Waals surface area contributed by atoms with Crippen LogP contribution in [0.5, 0.6) is 0 Å². The van der Waals surface area contributed by atoms with Gasteiger partial charge in [-0.25, -0.2) is 18.4 Å². The molecule has 1 aromatic carbocycles. The number of halogens is 1. The number of sulfonamides is 1. The van der Waals surface area contributed by atoms with E-state index < -0.39 is 16.1 Å². The molecule has 0 atom stereocenters. The van der Waals surface area contributed by atoms with E-state index in [4.69, 9.17) is 10.9 Å². The molecule has 1 aliphatic heterocycles. The van der Waals surface area contributed by atoms with Crippen LogP contribution in [0.2, 0.25) is 0 Å². The number of urea groups is 1. The highest BCUT2D eigenvalue weighted by molar-refractivity contribution is 9.10. The molecule has 0 saturated carbocycles. The van der Waals surface area contributed by atoms with Crippen LogP contribution in [0.1, 0.15) is 12.8 Å². The average molecular weight is 377 g/mol. The first-order valence-corrected chi connectivity index (χ1v) is 8.74. The highest BCUT2D eigenvalue weighted by Gasteiger charge is 2.21. The molecule has 21 heavy (non-hydrogen) atoms. The first kappa shape index (κ1) is 16.1. The number of primary sulfonamides is 1. The molecule has 7 nitrogen and oxygen atoms in total. The summed E-state index contributed by atoms with van der Waals surface area (Å²) in [6.45, 7) is 1.22. The summed E-state index contributed by atoms with van der Waals surface area (Å²) in [5.74, 6) is 0. The largest absolute Gasteiger partial charge is 0.381 e. The number of amides is 2. The number of primary amides is 1. The van der Waals surface area contributed by atoms with Gasteiger partial charge in [-0.1, -0.05) is 0 Å². The van der Waals surface area contributed by atoms with Crippen molar-refractivity contribution in [1.82, 2.24) is 4.90 Å². The molecular formula is C12H17BrN4O3S. The second kappa shape index (κ2) is 6.20. The maximum absolute atomic E-state index is 11.3. The van der Waals surface area contributed by atoms with Crippen LogP contribution < -0.4 is 16.2 Å². The summed E-state index contributed by atoms with van der Waals surface area (Å²) < 4.78 is 23.2. The van der Waals surface area contributed by atoms with Crippen molar-refractivity contribution in [1.29, 1.82) is 0 Å². The van der Waals surface area contributed by atoms with Crippen LogP contribution in [-0.2, 0) is 10.0 Å². The lowest BCUT2D eigenvalue weighted by atomic mass is 10.0. The Morgan fingerprint density at radius 2 is 1.95 bits per heavy atom. The van der Waals surface area contributed by atoms with Gasteiger partial charge in [0.15, 0.2) is 0 Å². The van der Waals surface area contributed by atoms with Gasteiger partial charge in [0.05, 0.1) is 4.90 Å². The van der Waals surface area contributed by atoms with Crippen molar-refractivity contribution in [3.8, 4) is 0 Å². The fourth-order valence-electron chi connectivity index (χ4n) is 2.25. The van der Waals surface area contributed by atoms with Gasteiger partial charge in [0, 0.05) is 29.3 Å². The van der Waals surface area contributed by atoms with Gasteiger partial charge in [0.1, 0.15) is 0 Å². The van der Waals surface area contributed by atoms with E-state index in [2.05, 4.69) is 21.2 Å². The number of piperidine rings is 1. The van der Waals surface area contributed by atoms with Crippen LogP contribution >= 0.6 is 15.9 Å². The van der Waals surface area contributed by atoms with E-state index in [1.54, 1.807) is 11.0 Å². The van der Waals surface area contributed by atoms with E-state index in [1.165, 1.54) is 12.1 Å². The van der Waals surface area contributed by atoms with Gasteiger partial charge in [-0.2, -0.15) is 0 Å². The molecule has 0 bridgehead atoms. The number of rotatable bonds is 3. The fourth-order valence-corrected chi connectivity index (χ4v) is 3.44. The number of benzene rings is 1. The summed E-state index contributed by atoms with van der Waals surface area (Å²) in [6.07, 6.45) is 1.57. The van der Waals surface area contributed by atoms with E-state index >= 15 is 0 Å². The molecular weight excluding hydrogens is 360 g/mol. The van der Waals surface area contributed by atoms with Crippen molar-refractivity contribution in [2.45, 2.75) is 23.8 Å². The van der Waals surface area contributed by atoms with Gasteiger partial charge in [0.2, 0.25) is 10.0 Å². The Kier molecular flexibility index (Phi) is 4.74. The predicted molar refractivity (Wildman–Crippen MR) is 83.3 cm³/mol. The van der Waals surface area contributed by atoms with Gasteiger partial charge >= 0.3 is 6.03 Å². The highest BCUT2D eigenvalue weighted by atomic mass is 79.9. The molecule has 5 N–H and O–H groups in total. The maximum Gasteiger partial charge on any atom is 0.314 e. The molecule has 2 amide bonds. The molecule has 0 aromatic heterocycles. The van der Waals surface area contributed by atoms with Gasteiger partial charge in [-0.05, 0) is 47.0 Å². The number of carbonyl (C=O) groups is 1. The summed E-state index contributed by atoms with van der Waals surface area (Å²) in [7, 11) is -3.71. The molecule has 116 valence electrons. The van der Waals surface area contributed by atoms with E-state index in [1.807, 2.05) is 0 Å². The topological polar surface area (TPSA) is 119 Å². The average Bonchev–Trinajstić information content (AvgIpc) is 2.40. The molecule has 0 radical (unpaired) electrons. The zero-order valence-electron chi connectivity index (χ0n) is 11.3. The molecule has 0 unspecified atom stereocenters. The number of hydrogen-bond acceptors (Lipinski definition) is 4. The van der Waals surface area contributed by atoms with Crippen molar-refractivity contribution in [2.24, 2.45) is 10.9 Å². The number of hydrogen-bond donors (Lipinski definition) is 3. The lowest BCUT2D eigenvalue weighted by molar-refractivity contribution is 0.193. The number of nitrogens with zero attached hydrogens (tertiary/aromatic N) is 1. The Morgan fingerprint density at radius 3 is 2.43 bits per heavy atom. The van der Waals surface area contributed by atoms with Gasteiger partial charge in [0.25, 0.3) is 0 Å². The Balaban J connectivity index is 2.03. The lowest BCUT2D eigenvalue weighted by Crippen LogP contribution is -2.44. The molecule has 1 fully saturated rings. The van der Waals surface area contributed by atoms with Crippen LogP contribution in [0.3, 0.4) is 0 Å². The normalized spacial score (nSPS) is 16.8. The molecule has 1 saturated heterocycles. The Hall–Kier alpha value is -1.32. The number of nitrogens with one attached hydrogen (secondary N) is 1. The summed E-state index contributed by atoms with van der Waals surface area (Å²) in [5.41, 5.74) is 6.03. The second-order valence-electron chi connectivity index (χ2n) is 4.93. The van der Waals surface area contributed by atoms with Crippen LogP contribution in [0.4, 0.5) is 10.5 Å². The molecule has 1 aromatic rings. The number of carbonyl (C=O) groups excluding carboxylic acids is 1. The second-order valence-corrected chi connectivity index (χ2v) is 7.35. The van der Waals surface area contributed by atoms with Crippen molar-refractivity contribution in [3.05, 3.63) is 22.7 Å². The van der Waals surface area contributed by atoms with Crippen molar-refractivity contribution in [3.63, 3.8) is 0 Å². The van der Waals surface area contributed by atoms with Crippen molar-refractivity contribution in [2.75, 3.05) is 18.4 Å². The monoisotopic (exact) mass is 376 g/mol. The van der Waals surface area contributed by atoms with Gasteiger partial charge < -0.3 is 16.0 Å². The Bertz CT molecular complexity index is 642. The van der Waals surface area contributed by atoms with Gasteiger partial charge in [-0.15, -0.1) is 0 Å². The molecule has 0 aliphatic carbocycles. The number of nitrogens with two attached hydrogens (primary N) is 2. The summed E-state index contributed by atoms with van der Waals surface area (Å²) in [6, 6.07) is 4.41. The highest BCUT2D eigenvalue weighted by Crippen LogP contribution is 2.27. The number of anilines is 1.